The molecular formula is C34H36N+. The van der Waals surface area contributed by atoms with Crippen LogP contribution in [-0.2, 0) is 5.41 Å². The van der Waals surface area contributed by atoms with Gasteiger partial charge in [0.05, 0.1) is 32.1 Å². The quantitative estimate of drug-likeness (QED) is 0.274. The highest BCUT2D eigenvalue weighted by Gasteiger charge is 2.55. The molecule has 3 aliphatic heterocycles. The lowest BCUT2D eigenvalue weighted by atomic mass is 9.58. The maximum atomic E-state index is 2.47. The summed E-state index contributed by atoms with van der Waals surface area (Å²) in [6.07, 6.45) is 2.65. The van der Waals surface area contributed by atoms with Crippen molar-refractivity contribution in [1.29, 1.82) is 0 Å². The Balaban J connectivity index is 1.35. The highest BCUT2D eigenvalue weighted by molar-refractivity contribution is 5.71. The number of hydrogen-bond acceptors (Lipinski definition) is 0. The van der Waals surface area contributed by atoms with Gasteiger partial charge in [0, 0.05) is 12.8 Å². The molecule has 7 rings (SSSR count). The second-order valence-corrected chi connectivity index (χ2v) is 11.4. The third kappa shape index (κ3) is 3.93. The van der Waals surface area contributed by atoms with Crippen LogP contribution in [-0.4, -0.2) is 31.2 Å². The Morgan fingerprint density at radius 1 is 0.543 bits per heavy atom. The fourth-order valence-electron chi connectivity index (χ4n) is 6.81. The van der Waals surface area contributed by atoms with Crippen molar-refractivity contribution in [3.05, 3.63) is 119 Å². The summed E-state index contributed by atoms with van der Waals surface area (Å²) in [5.41, 5.74) is 10.9. The van der Waals surface area contributed by atoms with E-state index >= 15 is 0 Å². The summed E-state index contributed by atoms with van der Waals surface area (Å²) in [6, 6.07) is 36.8. The van der Waals surface area contributed by atoms with Gasteiger partial charge in [0.15, 0.2) is 0 Å². The molecule has 3 heterocycles. The van der Waals surface area contributed by atoms with Gasteiger partial charge in [-0.15, -0.1) is 0 Å². The molecule has 35 heavy (non-hydrogen) atoms. The summed E-state index contributed by atoms with van der Waals surface area (Å²) in [6.45, 7) is 8.19. The van der Waals surface area contributed by atoms with E-state index in [2.05, 4.69) is 118 Å². The first kappa shape index (κ1) is 22.3. The largest absolute Gasteiger partial charge is 0.325 e. The van der Waals surface area contributed by atoms with Crippen LogP contribution in [0.1, 0.15) is 35.1 Å². The molecular weight excluding hydrogens is 422 g/mol. The number of piperidine rings is 3. The molecule has 0 spiro atoms. The summed E-state index contributed by atoms with van der Waals surface area (Å²) in [4.78, 5) is 0. The molecule has 4 aromatic carbocycles. The maximum absolute atomic E-state index is 2.47. The SMILES string of the molecule is Cc1ccc(-c2ccc(-c3ccc(C4(c5ccc(C)cc5)C[N+]5(C)CCC4CC5)cc3)cc2)cc1. The van der Waals surface area contributed by atoms with E-state index in [1.54, 1.807) is 0 Å². The van der Waals surface area contributed by atoms with Crippen molar-refractivity contribution in [3.8, 4) is 22.3 Å². The van der Waals surface area contributed by atoms with Crippen molar-refractivity contribution >= 4 is 0 Å². The van der Waals surface area contributed by atoms with Crippen LogP contribution in [0.3, 0.4) is 0 Å². The Morgan fingerprint density at radius 2 is 0.886 bits per heavy atom. The second kappa shape index (κ2) is 8.50. The normalized spacial score (nSPS) is 25.5. The average molecular weight is 459 g/mol. The third-order valence-corrected chi connectivity index (χ3v) is 8.93. The Kier molecular flexibility index (Phi) is 5.42. The molecule has 3 fully saturated rings. The first-order valence-electron chi connectivity index (χ1n) is 13.1. The molecule has 0 aliphatic carbocycles. The van der Waals surface area contributed by atoms with Crippen LogP contribution in [0.4, 0.5) is 0 Å². The Morgan fingerprint density at radius 3 is 1.31 bits per heavy atom. The molecule has 1 nitrogen and oxygen atoms in total. The molecule has 0 aromatic heterocycles. The number of hydrogen-bond donors (Lipinski definition) is 0. The van der Waals surface area contributed by atoms with Crippen LogP contribution in [0.15, 0.2) is 97.1 Å². The summed E-state index contributed by atoms with van der Waals surface area (Å²) in [5, 5.41) is 0. The molecule has 0 amide bonds. The lowest BCUT2D eigenvalue weighted by Gasteiger charge is -2.57. The molecule has 1 heteroatoms. The Hall–Kier alpha value is -3.16. The monoisotopic (exact) mass is 458 g/mol. The van der Waals surface area contributed by atoms with Gasteiger partial charge in [-0.2, -0.15) is 0 Å². The van der Waals surface area contributed by atoms with Gasteiger partial charge < -0.3 is 4.48 Å². The zero-order chi connectivity index (χ0) is 24.0. The Bertz CT molecular complexity index is 1310. The molecule has 0 N–H and O–H groups in total. The second-order valence-electron chi connectivity index (χ2n) is 11.4. The van der Waals surface area contributed by atoms with Crippen molar-refractivity contribution in [2.24, 2.45) is 5.92 Å². The number of likely N-dealkylation sites (N-methyl/N-ethyl adjacent to an activating group) is 1. The summed E-state index contributed by atoms with van der Waals surface area (Å²) >= 11 is 0. The van der Waals surface area contributed by atoms with E-state index in [9.17, 15) is 0 Å². The van der Waals surface area contributed by atoms with E-state index < -0.39 is 0 Å². The number of aryl methyl sites for hydroxylation is 2. The predicted octanol–water partition coefficient (Wildman–Crippen LogP) is 7.79. The fourth-order valence-corrected chi connectivity index (χ4v) is 6.81. The van der Waals surface area contributed by atoms with Crippen LogP contribution < -0.4 is 0 Å². The Labute approximate surface area is 210 Å². The van der Waals surface area contributed by atoms with Crippen molar-refractivity contribution in [2.75, 3.05) is 26.7 Å². The topological polar surface area (TPSA) is 0 Å². The van der Waals surface area contributed by atoms with Gasteiger partial charge in [0.2, 0.25) is 0 Å². The lowest BCUT2D eigenvalue weighted by Crippen LogP contribution is -2.66. The van der Waals surface area contributed by atoms with Crippen molar-refractivity contribution in [1.82, 2.24) is 0 Å². The molecule has 0 saturated carbocycles. The van der Waals surface area contributed by atoms with Gasteiger partial charge in [-0.25, -0.2) is 0 Å². The minimum Gasteiger partial charge on any atom is -0.325 e. The molecule has 3 saturated heterocycles. The first-order valence-corrected chi connectivity index (χ1v) is 13.1. The molecule has 1 atom stereocenters. The van der Waals surface area contributed by atoms with E-state index in [0.29, 0.717) is 0 Å². The van der Waals surface area contributed by atoms with E-state index in [4.69, 9.17) is 0 Å². The number of rotatable bonds is 4. The smallest absolute Gasteiger partial charge is 0.0926 e. The van der Waals surface area contributed by atoms with E-state index in [-0.39, 0.29) is 5.41 Å². The van der Waals surface area contributed by atoms with Gasteiger partial charge >= 0.3 is 0 Å². The third-order valence-electron chi connectivity index (χ3n) is 8.93. The van der Waals surface area contributed by atoms with Crippen LogP contribution in [0.2, 0.25) is 0 Å². The summed E-state index contributed by atoms with van der Waals surface area (Å²) in [7, 11) is 2.47. The van der Waals surface area contributed by atoms with Gasteiger partial charge in [0.25, 0.3) is 0 Å². The van der Waals surface area contributed by atoms with E-state index in [1.165, 1.54) is 81.5 Å². The molecule has 0 radical (unpaired) electrons. The van der Waals surface area contributed by atoms with Crippen LogP contribution in [0.25, 0.3) is 22.3 Å². The summed E-state index contributed by atoms with van der Waals surface area (Å²) < 4.78 is 1.20. The highest BCUT2D eigenvalue weighted by atomic mass is 15.4. The van der Waals surface area contributed by atoms with Crippen molar-refractivity contribution in [3.63, 3.8) is 0 Å². The molecule has 3 aliphatic rings. The lowest BCUT2D eigenvalue weighted by molar-refractivity contribution is -0.929. The number of fused-ring (bicyclic) bond motifs is 3. The van der Waals surface area contributed by atoms with Gasteiger partial charge in [-0.3, -0.25) is 0 Å². The molecule has 176 valence electrons. The molecule has 1 unspecified atom stereocenters. The average Bonchev–Trinajstić information content (AvgIpc) is 2.90. The van der Waals surface area contributed by atoms with E-state index in [1.807, 2.05) is 0 Å². The zero-order valence-electron chi connectivity index (χ0n) is 21.3. The first-order chi connectivity index (χ1) is 17.0. The standard InChI is InChI=1S/C34H36N/c1-25-4-8-27(9-5-25)28-10-12-29(13-11-28)30-14-18-32(19-15-30)34(31-16-6-26(2)7-17-31)24-35(3)22-20-33(34)21-23-35/h4-19,33H,20-24H2,1-3H3/q+1. The van der Waals surface area contributed by atoms with Gasteiger partial charge in [-0.05, 0) is 53.1 Å². The highest BCUT2D eigenvalue weighted by Crippen LogP contribution is 2.51. The molecule has 4 aromatic rings. The van der Waals surface area contributed by atoms with E-state index in [0.717, 1.165) is 5.92 Å². The predicted molar refractivity (Wildman–Crippen MR) is 148 cm³/mol. The van der Waals surface area contributed by atoms with Crippen LogP contribution in [0, 0.1) is 19.8 Å². The number of quaternary nitrogens is 1. The molecule has 2 bridgehead atoms. The number of benzene rings is 4. The van der Waals surface area contributed by atoms with Gasteiger partial charge in [-0.1, -0.05) is 108 Å². The van der Waals surface area contributed by atoms with Crippen molar-refractivity contribution < 1.29 is 4.48 Å². The van der Waals surface area contributed by atoms with Crippen LogP contribution >= 0.6 is 0 Å². The number of nitrogens with zero attached hydrogens (tertiary/aromatic N) is 1. The van der Waals surface area contributed by atoms with Crippen LogP contribution in [0.5, 0.6) is 0 Å². The van der Waals surface area contributed by atoms with Crippen molar-refractivity contribution in [2.45, 2.75) is 32.1 Å². The summed E-state index contributed by atoms with van der Waals surface area (Å²) in [5.74, 6) is 0.727. The minimum atomic E-state index is 0.118. The minimum absolute atomic E-state index is 0.118. The van der Waals surface area contributed by atoms with Gasteiger partial charge in [0.1, 0.15) is 0 Å². The maximum Gasteiger partial charge on any atom is 0.0926 e. The fraction of sp³-hybridized carbons (Fsp3) is 0.294. The zero-order valence-corrected chi connectivity index (χ0v) is 21.3.